The van der Waals surface area contributed by atoms with Crippen LogP contribution in [0.25, 0.3) is 0 Å². The van der Waals surface area contributed by atoms with Crippen LogP contribution < -0.4 is 4.90 Å². The number of carbonyl (C=O) groups excluding carboxylic acids is 1. The molecule has 0 bridgehead atoms. The number of nitrogens with zero attached hydrogens (tertiary/aromatic N) is 1. The first-order chi connectivity index (χ1) is 10.1. The van der Waals surface area contributed by atoms with Gasteiger partial charge in [-0.05, 0) is 43.9 Å². The second kappa shape index (κ2) is 5.72. The first kappa shape index (κ1) is 13.9. The number of carbonyl (C=O) groups is 1. The maximum atomic E-state index is 12.6. The lowest BCUT2D eigenvalue weighted by Gasteiger charge is -2.30. The molecule has 3 rings (SSSR count). The van der Waals surface area contributed by atoms with Crippen LogP contribution in [0, 0.1) is 13.8 Å². The van der Waals surface area contributed by atoms with Crippen molar-refractivity contribution < 1.29 is 4.79 Å². The summed E-state index contributed by atoms with van der Waals surface area (Å²) in [5.41, 5.74) is 5.71. The van der Waals surface area contributed by atoms with Gasteiger partial charge < -0.3 is 4.90 Å². The van der Waals surface area contributed by atoms with Crippen molar-refractivity contribution >= 4 is 11.5 Å². The third-order valence-electron chi connectivity index (χ3n) is 4.22. The molecule has 0 amide bonds. The number of Topliss-reactive ketones (excluding diaryl/α,β-unsaturated/α-hetero) is 1. The zero-order chi connectivity index (χ0) is 14.8. The van der Waals surface area contributed by atoms with Gasteiger partial charge in [-0.3, -0.25) is 4.79 Å². The van der Waals surface area contributed by atoms with Crippen molar-refractivity contribution in [3.63, 3.8) is 0 Å². The number of anilines is 1. The highest BCUT2D eigenvalue weighted by Gasteiger charge is 2.20. The van der Waals surface area contributed by atoms with E-state index >= 15 is 0 Å². The second-order valence-corrected chi connectivity index (χ2v) is 5.90. The maximum absolute atomic E-state index is 12.6. The van der Waals surface area contributed by atoms with E-state index in [0.29, 0.717) is 6.54 Å². The molecule has 1 heterocycles. The van der Waals surface area contributed by atoms with E-state index in [-0.39, 0.29) is 5.78 Å². The van der Waals surface area contributed by atoms with E-state index in [1.807, 2.05) is 19.1 Å². The van der Waals surface area contributed by atoms with Gasteiger partial charge in [0.1, 0.15) is 0 Å². The normalized spacial score (nSPS) is 13.9. The van der Waals surface area contributed by atoms with Crippen LogP contribution in [0.15, 0.2) is 42.5 Å². The van der Waals surface area contributed by atoms with Gasteiger partial charge in [0, 0.05) is 17.8 Å². The van der Waals surface area contributed by atoms with Crippen LogP contribution in [-0.4, -0.2) is 18.9 Å². The molecular formula is C19H21NO. The summed E-state index contributed by atoms with van der Waals surface area (Å²) in [6, 6.07) is 14.5. The van der Waals surface area contributed by atoms with Crippen LogP contribution in [0.2, 0.25) is 0 Å². The molecule has 0 N–H and O–H groups in total. The van der Waals surface area contributed by atoms with Crippen molar-refractivity contribution in [3.05, 3.63) is 64.7 Å². The first-order valence-electron chi connectivity index (χ1n) is 7.58. The maximum Gasteiger partial charge on any atom is 0.182 e. The van der Waals surface area contributed by atoms with Crippen LogP contribution >= 0.6 is 0 Å². The van der Waals surface area contributed by atoms with Crippen molar-refractivity contribution in [2.24, 2.45) is 0 Å². The van der Waals surface area contributed by atoms with Crippen molar-refractivity contribution in [2.75, 3.05) is 18.0 Å². The van der Waals surface area contributed by atoms with Gasteiger partial charge in [0.25, 0.3) is 0 Å². The molecule has 2 heteroatoms. The summed E-state index contributed by atoms with van der Waals surface area (Å²) in [7, 11) is 0. The Balaban J connectivity index is 1.83. The fourth-order valence-electron chi connectivity index (χ4n) is 3.16. The van der Waals surface area contributed by atoms with E-state index < -0.39 is 0 Å². The van der Waals surface area contributed by atoms with Crippen molar-refractivity contribution in [1.82, 2.24) is 0 Å². The molecule has 0 saturated heterocycles. The smallest absolute Gasteiger partial charge is 0.182 e. The summed E-state index contributed by atoms with van der Waals surface area (Å²) in [6.07, 6.45) is 2.24. The van der Waals surface area contributed by atoms with Crippen LogP contribution in [0.5, 0.6) is 0 Å². The highest BCUT2D eigenvalue weighted by atomic mass is 16.1. The van der Waals surface area contributed by atoms with Crippen LogP contribution in [0.3, 0.4) is 0 Å². The SMILES string of the molecule is Cc1ccc(C(=O)CN2CCCc3ccccc32)c(C)c1. The van der Waals surface area contributed by atoms with Gasteiger partial charge in [0.2, 0.25) is 0 Å². The Bertz CT molecular complexity index is 675. The van der Waals surface area contributed by atoms with Gasteiger partial charge in [0.05, 0.1) is 6.54 Å². The zero-order valence-corrected chi connectivity index (χ0v) is 12.7. The number of fused-ring (bicyclic) bond motifs is 1. The van der Waals surface area contributed by atoms with Crippen LogP contribution in [0.1, 0.15) is 33.5 Å². The summed E-state index contributed by atoms with van der Waals surface area (Å²) < 4.78 is 0. The molecule has 0 aliphatic carbocycles. The number of rotatable bonds is 3. The van der Waals surface area contributed by atoms with Gasteiger partial charge in [-0.15, -0.1) is 0 Å². The van der Waals surface area contributed by atoms with E-state index in [1.54, 1.807) is 0 Å². The molecule has 21 heavy (non-hydrogen) atoms. The van der Waals surface area contributed by atoms with E-state index in [0.717, 1.165) is 30.5 Å². The van der Waals surface area contributed by atoms with E-state index in [4.69, 9.17) is 0 Å². The molecule has 2 aromatic rings. The minimum atomic E-state index is 0.212. The summed E-state index contributed by atoms with van der Waals surface area (Å²) in [4.78, 5) is 14.8. The molecule has 1 aliphatic rings. The van der Waals surface area contributed by atoms with Crippen molar-refractivity contribution in [2.45, 2.75) is 26.7 Å². The number of hydrogen-bond donors (Lipinski definition) is 0. The molecular weight excluding hydrogens is 258 g/mol. The van der Waals surface area contributed by atoms with Gasteiger partial charge in [-0.25, -0.2) is 0 Å². The second-order valence-electron chi connectivity index (χ2n) is 5.90. The number of hydrogen-bond acceptors (Lipinski definition) is 2. The molecule has 0 aromatic heterocycles. The average molecular weight is 279 g/mol. The lowest BCUT2D eigenvalue weighted by Crippen LogP contribution is -2.34. The van der Waals surface area contributed by atoms with Crippen LogP contribution in [-0.2, 0) is 6.42 Å². The summed E-state index contributed by atoms with van der Waals surface area (Å²) >= 11 is 0. The molecule has 0 saturated carbocycles. The molecule has 1 aliphatic heterocycles. The summed E-state index contributed by atoms with van der Waals surface area (Å²) in [5, 5.41) is 0. The monoisotopic (exact) mass is 279 g/mol. The average Bonchev–Trinajstić information content (AvgIpc) is 2.47. The van der Waals surface area contributed by atoms with Crippen molar-refractivity contribution in [3.8, 4) is 0 Å². The number of benzene rings is 2. The van der Waals surface area contributed by atoms with E-state index in [2.05, 4.69) is 42.2 Å². The van der Waals surface area contributed by atoms with Crippen molar-refractivity contribution in [1.29, 1.82) is 0 Å². The lowest BCUT2D eigenvalue weighted by atomic mass is 9.99. The molecule has 2 aromatic carbocycles. The largest absolute Gasteiger partial charge is 0.364 e. The first-order valence-corrected chi connectivity index (χ1v) is 7.58. The van der Waals surface area contributed by atoms with Gasteiger partial charge in [0.15, 0.2) is 5.78 Å². The highest BCUT2D eigenvalue weighted by molar-refractivity contribution is 6.00. The highest BCUT2D eigenvalue weighted by Crippen LogP contribution is 2.27. The molecule has 0 fully saturated rings. The standard InChI is InChI=1S/C19H21NO/c1-14-9-10-17(15(2)12-14)19(21)13-20-11-5-7-16-6-3-4-8-18(16)20/h3-4,6,8-10,12H,5,7,11,13H2,1-2H3. The lowest BCUT2D eigenvalue weighted by molar-refractivity contribution is 0.0998. The summed E-state index contributed by atoms with van der Waals surface area (Å²) in [6.45, 7) is 5.51. The Hall–Kier alpha value is -2.09. The topological polar surface area (TPSA) is 20.3 Å². The molecule has 108 valence electrons. The van der Waals surface area contributed by atoms with E-state index in [9.17, 15) is 4.79 Å². The Labute approximate surface area is 126 Å². The summed E-state index contributed by atoms with van der Waals surface area (Å²) in [5.74, 6) is 0.212. The fraction of sp³-hybridized carbons (Fsp3) is 0.316. The predicted molar refractivity (Wildman–Crippen MR) is 87.2 cm³/mol. The Kier molecular flexibility index (Phi) is 3.78. The van der Waals surface area contributed by atoms with Crippen LogP contribution in [0.4, 0.5) is 5.69 Å². The molecule has 0 atom stereocenters. The number of aryl methyl sites for hydroxylation is 3. The molecule has 2 nitrogen and oxygen atoms in total. The Morgan fingerprint density at radius 3 is 2.76 bits per heavy atom. The Morgan fingerprint density at radius 2 is 1.95 bits per heavy atom. The molecule has 0 radical (unpaired) electrons. The zero-order valence-electron chi connectivity index (χ0n) is 12.7. The predicted octanol–water partition coefficient (Wildman–Crippen LogP) is 3.94. The Morgan fingerprint density at radius 1 is 1.14 bits per heavy atom. The third kappa shape index (κ3) is 2.85. The number of ketones is 1. The number of para-hydroxylation sites is 1. The van der Waals surface area contributed by atoms with Gasteiger partial charge in [-0.2, -0.15) is 0 Å². The van der Waals surface area contributed by atoms with Gasteiger partial charge >= 0.3 is 0 Å². The molecule has 0 spiro atoms. The van der Waals surface area contributed by atoms with Gasteiger partial charge in [-0.1, -0.05) is 42.0 Å². The quantitative estimate of drug-likeness (QED) is 0.793. The van der Waals surface area contributed by atoms with E-state index in [1.165, 1.54) is 16.8 Å². The minimum Gasteiger partial charge on any atom is -0.364 e. The minimum absolute atomic E-state index is 0.212. The molecule has 0 unspecified atom stereocenters. The third-order valence-corrected chi connectivity index (χ3v) is 4.22. The fourth-order valence-corrected chi connectivity index (χ4v) is 3.16.